The Balaban J connectivity index is 1.15. The topological polar surface area (TPSA) is 42.9 Å². The fraction of sp³-hybridized carbons (Fsp3) is 0. The summed E-state index contributed by atoms with van der Waals surface area (Å²) in [5.41, 5.74) is 12.6. The van der Waals surface area contributed by atoms with Crippen molar-refractivity contribution in [3.05, 3.63) is 193 Å². The van der Waals surface area contributed by atoms with Crippen LogP contribution in [0.25, 0.3) is 98.5 Å². The molecule has 11 aromatic rings. The van der Waals surface area contributed by atoms with Gasteiger partial charge in [-0.05, 0) is 72.3 Å². The molecule has 0 saturated carbocycles. The highest BCUT2D eigenvalue weighted by atomic mass is 15.0. The van der Waals surface area contributed by atoms with Gasteiger partial charge in [-0.2, -0.15) is 5.26 Å². The molecule has 0 unspecified atom stereocenters. The number of aromatic nitrogens is 3. The number of nitrogens with zero attached hydrogens (tertiary/aromatic N) is 5. The van der Waals surface area contributed by atoms with Crippen LogP contribution in [0.4, 0.5) is 5.69 Å². The van der Waals surface area contributed by atoms with E-state index in [1.54, 1.807) is 0 Å². The average molecular weight is 700 g/mol. The van der Waals surface area contributed by atoms with Crippen molar-refractivity contribution in [2.24, 2.45) is 0 Å². The van der Waals surface area contributed by atoms with Crippen LogP contribution in [0.15, 0.2) is 176 Å². The van der Waals surface area contributed by atoms with Gasteiger partial charge in [0.05, 0.1) is 57.0 Å². The molecular weight excluding hydrogens is 671 g/mol. The van der Waals surface area contributed by atoms with Crippen LogP contribution in [0.3, 0.4) is 0 Å². The second-order valence-corrected chi connectivity index (χ2v) is 13.9. The Labute approximate surface area is 316 Å². The first-order valence-corrected chi connectivity index (χ1v) is 18.3. The minimum absolute atomic E-state index is 0.588. The molecule has 3 aromatic heterocycles. The summed E-state index contributed by atoms with van der Waals surface area (Å²) in [7, 11) is 0. The monoisotopic (exact) mass is 699 g/mol. The second kappa shape index (κ2) is 11.8. The SMILES string of the molecule is [C-]#[N+]c1cccc(-n2c3ccccc3c3c(-n4c5ccccc5c5ccccc54)cccc32)c1-c1ccc(-n2c3ccccc3c3ccc(C#N)cc32)cc1. The third-order valence-electron chi connectivity index (χ3n) is 11.1. The first-order valence-electron chi connectivity index (χ1n) is 18.3. The molecule has 0 spiro atoms. The molecule has 0 aliphatic heterocycles. The lowest BCUT2D eigenvalue weighted by Gasteiger charge is -2.17. The van der Waals surface area contributed by atoms with Gasteiger partial charge in [-0.15, -0.1) is 0 Å². The Morgan fingerprint density at radius 2 is 0.945 bits per heavy atom. The molecule has 0 saturated heterocycles. The molecule has 8 aromatic carbocycles. The molecule has 5 nitrogen and oxygen atoms in total. The minimum atomic E-state index is 0.588. The highest BCUT2D eigenvalue weighted by molar-refractivity contribution is 6.17. The number of para-hydroxylation sites is 4. The summed E-state index contributed by atoms with van der Waals surface area (Å²) in [6.07, 6.45) is 0. The molecular formula is C50H29N5. The average Bonchev–Trinajstić information content (AvgIpc) is 3.89. The van der Waals surface area contributed by atoms with Crippen molar-refractivity contribution in [1.82, 2.24) is 13.7 Å². The van der Waals surface area contributed by atoms with Gasteiger partial charge >= 0.3 is 0 Å². The quantitative estimate of drug-likeness (QED) is 0.169. The number of hydrogen-bond acceptors (Lipinski definition) is 1. The number of fused-ring (bicyclic) bond motifs is 9. The van der Waals surface area contributed by atoms with E-state index >= 15 is 0 Å². The lowest BCUT2D eigenvalue weighted by Crippen LogP contribution is -1.99. The molecule has 0 amide bonds. The third-order valence-corrected chi connectivity index (χ3v) is 11.1. The van der Waals surface area contributed by atoms with Crippen LogP contribution in [0.2, 0.25) is 0 Å². The molecule has 0 radical (unpaired) electrons. The van der Waals surface area contributed by atoms with Gasteiger partial charge in [0.25, 0.3) is 0 Å². The second-order valence-electron chi connectivity index (χ2n) is 13.9. The van der Waals surface area contributed by atoms with Crippen molar-refractivity contribution >= 4 is 71.1 Å². The van der Waals surface area contributed by atoms with Crippen LogP contribution in [-0.4, -0.2) is 13.7 Å². The number of rotatable bonds is 4. The van der Waals surface area contributed by atoms with E-state index in [0.717, 1.165) is 82.8 Å². The smallest absolute Gasteiger partial charge is 0.196 e. The van der Waals surface area contributed by atoms with Gasteiger partial charge in [0.15, 0.2) is 5.69 Å². The summed E-state index contributed by atoms with van der Waals surface area (Å²) in [6, 6.07) is 63.5. The molecule has 0 fully saturated rings. The summed E-state index contributed by atoms with van der Waals surface area (Å²) >= 11 is 0. The molecule has 0 atom stereocenters. The lowest BCUT2D eigenvalue weighted by molar-refractivity contribution is 1.17. The number of hydrogen-bond donors (Lipinski definition) is 0. The van der Waals surface area contributed by atoms with E-state index in [0.29, 0.717) is 11.3 Å². The van der Waals surface area contributed by atoms with Gasteiger partial charge < -0.3 is 13.7 Å². The molecule has 0 aliphatic carbocycles. The molecule has 3 heterocycles. The highest BCUT2D eigenvalue weighted by Crippen LogP contribution is 2.44. The Kier molecular flexibility index (Phi) is 6.61. The standard InChI is InChI=1S/C50H29N5/c1-52-40-16-10-21-45(49(40)33-25-27-34(28-26-33)53-41-17-6-2-14-37(41)38-29-24-32(31-51)30-48(38)53)55-44-20-9-5-15-39(44)50-46(22-11-23-47(50)55)54-42-18-7-3-12-35(42)36-13-4-8-19-43(36)54/h2-30H. The molecule has 0 N–H and O–H groups in total. The normalized spacial score (nSPS) is 11.6. The van der Waals surface area contributed by atoms with Crippen molar-refractivity contribution in [3.63, 3.8) is 0 Å². The van der Waals surface area contributed by atoms with Crippen molar-refractivity contribution in [1.29, 1.82) is 5.26 Å². The van der Waals surface area contributed by atoms with E-state index in [2.05, 4.69) is 164 Å². The maximum Gasteiger partial charge on any atom is 0.196 e. The van der Waals surface area contributed by atoms with Crippen molar-refractivity contribution < 1.29 is 0 Å². The Hall–Kier alpha value is -7.86. The molecule has 254 valence electrons. The fourth-order valence-electron chi connectivity index (χ4n) is 8.83. The van der Waals surface area contributed by atoms with Gasteiger partial charge in [0.2, 0.25) is 0 Å². The van der Waals surface area contributed by atoms with E-state index < -0.39 is 0 Å². The van der Waals surface area contributed by atoms with Crippen LogP contribution in [0.5, 0.6) is 0 Å². The van der Waals surface area contributed by atoms with E-state index in [9.17, 15) is 5.26 Å². The van der Waals surface area contributed by atoms with Crippen LogP contribution in [-0.2, 0) is 0 Å². The third kappa shape index (κ3) is 4.39. The molecule has 0 aliphatic rings. The van der Waals surface area contributed by atoms with E-state index in [1.165, 1.54) is 10.8 Å². The Bertz CT molecular complexity index is 3400. The molecule has 11 rings (SSSR count). The zero-order chi connectivity index (χ0) is 36.6. The Morgan fingerprint density at radius 1 is 0.436 bits per heavy atom. The van der Waals surface area contributed by atoms with Gasteiger partial charge in [0, 0.05) is 49.3 Å². The van der Waals surface area contributed by atoms with Gasteiger partial charge in [-0.3, -0.25) is 0 Å². The zero-order valence-electron chi connectivity index (χ0n) is 29.5. The highest BCUT2D eigenvalue weighted by Gasteiger charge is 2.22. The minimum Gasteiger partial charge on any atom is -0.310 e. The van der Waals surface area contributed by atoms with Crippen LogP contribution in [0.1, 0.15) is 5.56 Å². The Morgan fingerprint density at radius 3 is 1.58 bits per heavy atom. The number of benzene rings is 8. The van der Waals surface area contributed by atoms with Crippen molar-refractivity contribution in [2.45, 2.75) is 0 Å². The van der Waals surface area contributed by atoms with Gasteiger partial charge in [-0.25, -0.2) is 4.85 Å². The largest absolute Gasteiger partial charge is 0.310 e. The van der Waals surface area contributed by atoms with E-state index in [1.807, 2.05) is 36.4 Å². The summed E-state index contributed by atoms with van der Waals surface area (Å²) in [5, 5.41) is 16.7. The van der Waals surface area contributed by atoms with Crippen LogP contribution < -0.4 is 0 Å². The van der Waals surface area contributed by atoms with Crippen molar-refractivity contribution in [2.75, 3.05) is 0 Å². The van der Waals surface area contributed by atoms with E-state index in [-0.39, 0.29) is 0 Å². The van der Waals surface area contributed by atoms with Crippen LogP contribution in [0, 0.1) is 17.9 Å². The predicted octanol–water partition coefficient (Wildman–Crippen LogP) is 13.1. The number of nitriles is 1. The van der Waals surface area contributed by atoms with E-state index in [4.69, 9.17) is 6.57 Å². The zero-order valence-corrected chi connectivity index (χ0v) is 29.5. The fourth-order valence-corrected chi connectivity index (χ4v) is 8.83. The predicted molar refractivity (Wildman–Crippen MR) is 226 cm³/mol. The first kappa shape index (κ1) is 30.7. The van der Waals surface area contributed by atoms with Gasteiger partial charge in [0.1, 0.15) is 0 Å². The first-order chi connectivity index (χ1) is 27.2. The summed E-state index contributed by atoms with van der Waals surface area (Å²) < 4.78 is 6.95. The molecule has 55 heavy (non-hydrogen) atoms. The van der Waals surface area contributed by atoms with Crippen LogP contribution >= 0.6 is 0 Å². The van der Waals surface area contributed by atoms with Crippen molar-refractivity contribution in [3.8, 4) is 34.3 Å². The molecule has 5 heteroatoms. The van der Waals surface area contributed by atoms with Gasteiger partial charge in [-0.1, -0.05) is 109 Å². The maximum atomic E-state index is 9.74. The summed E-state index contributed by atoms with van der Waals surface area (Å²) in [6.45, 7) is 8.32. The summed E-state index contributed by atoms with van der Waals surface area (Å²) in [5.74, 6) is 0. The lowest BCUT2D eigenvalue weighted by atomic mass is 10.0. The maximum absolute atomic E-state index is 9.74. The molecule has 0 bridgehead atoms. The summed E-state index contributed by atoms with van der Waals surface area (Å²) in [4.78, 5) is 4.07.